The summed E-state index contributed by atoms with van der Waals surface area (Å²) in [6.45, 7) is 3.90. The fraction of sp³-hybridized carbons (Fsp3) is 0.391. The Morgan fingerprint density at radius 1 is 0.667 bits per heavy atom. The highest BCUT2D eigenvalue weighted by Gasteiger charge is 2.78. The molecule has 4 nitrogen and oxygen atoms in total. The molecule has 4 heteroatoms. The topological polar surface area (TPSA) is 40.6 Å². The maximum Gasteiger partial charge on any atom is 0.155 e. The fourth-order valence-corrected chi connectivity index (χ4v) is 5.45. The molecule has 0 amide bonds. The van der Waals surface area contributed by atoms with Crippen LogP contribution in [0.4, 0.5) is 11.4 Å². The van der Waals surface area contributed by atoms with Crippen LogP contribution >= 0.6 is 0 Å². The van der Waals surface area contributed by atoms with Crippen LogP contribution < -0.4 is 9.80 Å². The van der Waals surface area contributed by atoms with Crippen LogP contribution in [-0.2, 0) is 9.59 Å². The highest BCUT2D eigenvalue weighted by atomic mass is 16.2. The lowest BCUT2D eigenvalue weighted by atomic mass is 9.40. The summed E-state index contributed by atoms with van der Waals surface area (Å²) in [6.07, 6.45) is 0. The number of rotatable bonds is 4. The Hall–Kier alpha value is -2.62. The normalized spacial score (nSPS) is 32.0. The van der Waals surface area contributed by atoms with Crippen molar-refractivity contribution in [1.29, 1.82) is 0 Å². The van der Waals surface area contributed by atoms with Crippen LogP contribution in [0.15, 0.2) is 60.7 Å². The molecule has 0 aromatic heterocycles. The zero-order chi connectivity index (χ0) is 19.3. The van der Waals surface area contributed by atoms with Crippen LogP contribution in [-0.4, -0.2) is 37.7 Å². The molecule has 2 aliphatic carbocycles. The van der Waals surface area contributed by atoms with Gasteiger partial charge < -0.3 is 9.80 Å². The van der Waals surface area contributed by atoms with Crippen molar-refractivity contribution < 1.29 is 9.59 Å². The second-order valence-corrected chi connectivity index (χ2v) is 7.96. The molecule has 27 heavy (non-hydrogen) atoms. The number of hydrogen-bond donors (Lipinski definition) is 0. The number of Topliss-reactive ketones (excluding diaryl/α,β-unsaturated/α-hetero) is 2. The molecule has 140 valence electrons. The van der Waals surface area contributed by atoms with Crippen molar-refractivity contribution in [2.45, 2.75) is 25.9 Å². The number of carbonyl (C=O) groups excluding carboxylic acids is 2. The molecule has 0 bridgehead atoms. The fourth-order valence-electron chi connectivity index (χ4n) is 5.45. The van der Waals surface area contributed by atoms with E-state index in [2.05, 4.69) is 9.80 Å². The van der Waals surface area contributed by atoms with E-state index in [1.807, 2.05) is 88.6 Å². The summed E-state index contributed by atoms with van der Waals surface area (Å²) in [5.74, 6) is -0.131. The summed E-state index contributed by atoms with van der Waals surface area (Å²) in [7, 11) is 4.00. The molecule has 0 N–H and O–H groups in total. The van der Waals surface area contributed by atoms with Crippen LogP contribution in [0.5, 0.6) is 0 Å². The highest BCUT2D eigenvalue weighted by Crippen LogP contribution is 2.59. The van der Waals surface area contributed by atoms with Crippen LogP contribution in [0.25, 0.3) is 0 Å². The van der Waals surface area contributed by atoms with E-state index in [-0.39, 0.29) is 35.5 Å². The first-order valence-electron chi connectivity index (χ1n) is 9.56. The number of ketones is 2. The second kappa shape index (κ2) is 6.22. The quantitative estimate of drug-likeness (QED) is 0.782. The molecule has 0 saturated heterocycles. The maximum absolute atomic E-state index is 13.1. The van der Waals surface area contributed by atoms with E-state index < -0.39 is 5.41 Å². The lowest BCUT2D eigenvalue weighted by molar-refractivity contribution is -0.176. The lowest BCUT2D eigenvalue weighted by Gasteiger charge is -2.67. The molecular weight excluding hydrogens is 336 g/mol. The average molecular weight is 362 g/mol. The van der Waals surface area contributed by atoms with E-state index in [4.69, 9.17) is 0 Å². The first-order chi connectivity index (χ1) is 12.9. The van der Waals surface area contributed by atoms with E-state index in [0.717, 1.165) is 11.4 Å². The largest absolute Gasteiger partial charge is 0.369 e. The number of nitrogens with zero attached hydrogens (tertiary/aromatic N) is 2. The molecule has 0 aliphatic heterocycles. The summed E-state index contributed by atoms with van der Waals surface area (Å²) < 4.78 is 0. The summed E-state index contributed by atoms with van der Waals surface area (Å²) >= 11 is 0. The van der Waals surface area contributed by atoms with Gasteiger partial charge in [-0.1, -0.05) is 50.2 Å². The van der Waals surface area contributed by atoms with E-state index in [0.29, 0.717) is 0 Å². The molecule has 2 aliphatic rings. The van der Waals surface area contributed by atoms with Crippen molar-refractivity contribution in [3.8, 4) is 0 Å². The van der Waals surface area contributed by atoms with Gasteiger partial charge in [-0.15, -0.1) is 0 Å². The number of carbonyl (C=O) groups is 2. The standard InChI is InChI=1S/C23H26N2O2/c1-15-19(24(3)17-11-7-5-8-12-17)23(21(15)26)20(16(2)22(23)27)25(4)18-13-9-6-10-14-18/h5-16,19-20H,1-4H3. The Bertz CT molecular complexity index is 791. The van der Waals surface area contributed by atoms with Crippen molar-refractivity contribution in [3.05, 3.63) is 60.7 Å². The Balaban J connectivity index is 1.74. The van der Waals surface area contributed by atoms with Gasteiger partial charge in [0.1, 0.15) is 5.41 Å². The minimum Gasteiger partial charge on any atom is -0.369 e. The number of hydrogen-bond acceptors (Lipinski definition) is 4. The third-order valence-corrected chi connectivity index (χ3v) is 6.68. The highest BCUT2D eigenvalue weighted by molar-refractivity contribution is 6.21. The zero-order valence-corrected chi connectivity index (χ0v) is 16.3. The van der Waals surface area contributed by atoms with Crippen molar-refractivity contribution in [2.75, 3.05) is 23.9 Å². The Kier molecular flexibility index (Phi) is 4.10. The van der Waals surface area contributed by atoms with Crippen molar-refractivity contribution >= 4 is 22.9 Å². The van der Waals surface area contributed by atoms with Gasteiger partial charge in [0.05, 0.1) is 12.1 Å². The Labute approximate surface area is 160 Å². The van der Waals surface area contributed by atoms with E-state index in [1.54, 1.807) is 0 Å². The first kappa shape index (κ1) is 17.8. The summed E-state index contributed by atoms with van der Waals surface area (Å²) in [5.41, 5.74) is 1.14. The molecule has 0 heterocycles. The zero-order valence-electron chi connectivity index (χ0n) is 16.3. The SMILES string of the molecule is CC1C(=O)C2(C(=O)C(C)C2N(C)c2ccccc2)C1N(C)c1ccccc1. The first-order valence-corrected chi connectivity index (χ1v) is 9.56. The van der Waals surface area contributed by atoms with Gasteiger partial charge in [-0.05, 0) is 24.3 Å². The number of benzene rings is 2. The van der Waals surface area contributed by atoms with Crippen LogP contribution in [0.3, 0.4) is 0 Å². The summed E-state index contributed by atoms with van der Waals surface area (Å²) in [5, 5.41) is 0. The third kappa shape index (κ3) is 2.22. The minimum absolute atomic E-state index is 0.0890. The van der Waals surface area contributed by atoms with Gasteiger partial charge in [0.25, 0.3) is 0 Å². The van der Waals surface area contributed by atoms with Gasteiger partial charge in [0, 0.05) is 37.3 Å². The summed E-state index contributed by atoms with van der Waals surface area (Å²) in [6, 6.07) is 19.8. The van der Waals surface area contributed by atoms with Gasteiger partial charge in [-0.25, -0.2) is 0 Å². The Morgan fingerprint density at radius 2 is 1.00 bits per heavy atom. The summed E-state index contributed by atoms with van der Waals surface area (Å²) in [4.78, 5) is 30.5. The minimum atomic E-state index is -0.936. The van der Waals surface area contributed by atoms with Gasteiger partial charge in [-0.2, -0.15) is 0 Å². The van der Waals surface area contributed by atoms with Crippen LogP contribution in [0, 0.1) is 17.3 Å². The monoisotopic (exact) mass is 362 g/mol. The second-order valence-electron chi connectivity index (χ2n) is 7.96. The molecule has 2 fully saturated rings. The molecule has 4 unspecified atom stereocenters. The molecule has 2 aromatic rings. The predicted octanol–water partition coefficient (Wildman–Crippen LogP) is 3.42. The van der Waals surface area contributed by atoms with Crippen molar-refractivity contribution in [2.24, 2.45) is 17.3 Å². The van der Waals surface area contributed by atoms with E-state index in [9.17, 15) is 9.59 Å². The smallest absolute Gasteiger partial charge is 0.155 e. The van der Waals surface area contributed by atoms with Gasteiger partial charge in [0.15, 0.2) is 11.6 Å². The van der Waals surface area contributed by atoms with Gasteiger partial charge in [0.2, 0.25) is 0 Å². The molecule has 0 radical (unpaired) electrons. The maximum atomic E-state index is 13.1. The van der Waals surface area contributed by atoms with E-state index >= 15 is 0 Å². The average Bonchev–Trinajstić information content (AvgIpc) is 2.72. The molecule has 4 atom stereocenters. The number of anilines is 2. The number of para-hydroxylation sites is 2. The molecular formula is C23H26N2O2. The van der Waals surface area contributed by atoms with E-state index in [1.165, 1.54) is 0 Å². The van der Waals surface area contributed by atoms with Crippen LogP contribution in [0.1, 0.15) is 13.8 Å². The Morgan fingerprint density at radius 3 is 1.33 bits per heavy atom. The lowest BCUT2D eigenvalue weighted by Crippen LogP contribution is -2.85. The van der Waals surface area contributed by atoms with Crippen molar-refractivity contribution in [1.82, 2.24) is 0 Å². The van der Waals surface area contributed by atoms with Crippen molar-refractivity contribution in [3.63, 3.8) is 0 Å². The van der Waals surface area contributed by atoms with Gasteiger partial charge in [-0.3, -0.25) is 9.59 Å². The van der Waals surface area contributed by atoms with Gasteiger partial charge >= 0.3 is 0 Å². The molecule has 2 aromatic carbocycles. The molecule has 4 rings (SSSR count). The molecule has 2 saturated carbocycles. The third-order valence-electron chi connectivity index (χ3n) is 6.68. The van der Waals surface area contributed by atoms with Crippen LogP contribution in [0.2, 0.25) is 0 Å². The predicted molar refractivity (Wildman–Crippen MR) is 108 cm³/mol. The molecule has 1 spiro atoms.